The average molecular weight is 490 g/mol. The van der Waals surface area contributed by atoms with Crippen molar-refractivity contribution in [1.82, 2.24) is 10.3 Å². The Kier molecular flexibility index (Phi) is 6.79. The number of para-hydroxylation sites is 1. The van der Waals surface area contributed by atoms with Crippen LogP contribution in [-0.4, -0.2) is 32.4 Å². The summed E-state index contributed by atoms with van der Waals surface area (Å²) in [6.07, 6.45) is 1.52. The largest absolute Gasteiger partial charge is 0.465 e. The fourth-order valence-corrected chi connectivity index (χ4v) is 4.92. The number of aromatic nitrogens is 1. The number of rotatable bonds is 7. The van der Waals surface area contributed by atoms with Gasteiger partial charge in [-0.1, -0.05) is 36.4 Å². The summed E-state index contributed by atoms with van der Waals surface area (Å²) in [5.41, 5.74) is 2.50. The number of carbonyl (C=O) groups is 2. The van der Waals surface area contributed by atoms with Crippen LogP contribution in [0.2, 0.25) is 0 Å². The zero-order chi connectivity index (χ0) is 25.0. The minimum atomic E-state index is -4.04. The van der Waals surface area contributed by atoms with E-state index in [0.29, 0.717) is 22.0 Å². The zero-order valence-corrected chi connectivity index (χ0v) is 19.9. The molecule has 0 aliphatic rings. The van der Waals surface area contributed by atoms with Crippen molar-refractivity contribution in [2.24, 2.45) is 0 Å². The fraction of sp³-hybridized carbons (Fsp3) is 0.115. The maximum Gasteiger partial charge on any atom is 0.337 e. The molecule has 0 aliphatic carbocycles. The van der Waals surface area contributed by atoms with Gasteiger partial charge in [-0.05, 0) is 54.4 Å². The third-order valence-corrected chi connectivity index (χ3v) is 6.81. The van der Waals surface area contributed by atoms with Crippen LogP contribution in [0.1, 0.15) is 31.8 Å². The van der Waals surface area contributed by atoms with Crippen LogP contribution in [0.5, 0.6) is 0 Å². The third-order valence-electron chi connectivity index (χ3n) is 5.39. The Morgan fingerprint density at radius 1 is 0.971 bits per heavy atom. The molecule has 0 atom stereocenters. The number of sulfonamides is 1. The van der Waals surface area contributed by atoms with E-state index in [1.807, 2.05) is 19.1 Å². The molecular weight excluding hydrogens is 466 g/mol. The first-order chi connectivity index (χ1) is 16.8. The Morgan fingerprint density at radius 2 is 1.74 bits per heavy atom. The monoisotopic (exact) mass is 489 g/mol. The van der Waals surface area contributed by atoms with E-state index in [2.05, 4.69) is 15.0 Å². The highest BCUT2D eigenvalue weighted by Crippen LogP contribution is 2.25. The van der Waals surface area contributed by atoms with Crippen LogP contribution in [0.15, 0.2) is 83.9 Å². The van der Waals surface area contributed by atoms with Gasteiger partial charge in [0.1, 0.15) is 4.90 Å². The van der Waals surface area contributed by atoms with E-state index in [1.54, 1.807) is 48.5 Å². The molecule has 0 unspecified atom stereocenters. The lowest BCUT2D eigenvalue weighted by Gasteiger charge is -2.13. The molecule has 0 saturated heterocycles. The van der Waals surface area contributed by atoms with Crippen LogP contribution in [0.3, 0.4) is 0 Å². The lowest BCUT2D eigenvalue weighted by molar-refractivity contribution is 0.0600. The molecule has 9 heteroatoms. The number of esters is 1. The first-order valence-corrected chi connectivity index (χ1v) is 12.2. The predicted octanol–water partition coefficient (Wildman–Crippen LogP) is 4.06. The lowest BCUT2D eigenvalue weighted by Crippen LogP contribution is -2.24. The molecule has 0 aliphatic heterocycles. The SMILES string of the molecule is COC(=O)c1cc(CNC(=O)c2ccccc2C)cc(NS(=O)(=O)c2cccc3cccnc23)c1. The molecule has 1 amide bonds. The number of nitrogens with zero attached hydrogens (tertiary/aromatic N) is 1. The molecule has 8 nitrogen and oxygen atoms in total. The van der Waals surface area contributed by atoms with E-state index in [0.717, 1.165) is 5.56 Å². The van der Waals surface area contributed by atoms with Crippen molar-refractivity contribution in [1.29, 1.82) is 0 Å². The molecule has 0 spiro atoms. The Hall–Kier alpha value is -4.24. The summed E-state index contributed by atoms with van der Waals surface area (Å²) in [6, 6.07) is 20.0. The maximum atomic E-state index is 13.2. The number of pyridine rings is 1. The van der Waals surface area contributed by atoms with Gasteiger partial charge >= 0.3 is 5.97 Å². The number of methoxy groups -OCH3 is 1. The van der Waals surface area contributed by atoms with E-state index in [4.69, 9.17) is 4.74 Å². The summed E-state index contributed by atoms with van der Waals surface area (Å²) in [5.74, 6) is -0.917. The molecule has 35 heavy (non-hydrogen) atoms. The molecule has 0 saturated carbocycles. The average Bonchev–Trinajstić information content (AvgIpc) is 2.86. The molecule has 2 N–H and O–H groups in total. The summed E-state index contributed by atoms with van der Waals surface area (Å²) in [6.45, 7) is 1.91. The molecule has 3 aromatic carbocycles. The number of nitrogens with one attached hydrogen (secondary N) is 2. The van der Waals surface area contributed by atoms with E-state index >= 15 is 0 Å². The number of benzene rings is 3. The smallest absolute Gasteiger partial charge is 0.337 e. The molecule has 1 aromatic heterocycles. The van der Waals surface area contributed by atoms with Gasteiger partial charge < -0.3 is 10.1 Å². The number of ether oxygens (including phenoxy) is 1. The Balaban J connectivity index is 1.64. The zero-order valence-electron chi connectivity index (χ0n) is 19.1. The van der Waals surface area contributed by atoms with Gasteiger partial charge in [0.15, 0.2) is 0 Å². The number of anilines is 1. The van der Waals surface area contributed by atoms with Gasteiger partial charge in [0.05, 0.1) is 23.9 Å². The van der Waals surface area contributed by atoms with E-state index in [-0.39, 0.29) is 28.6 Å². The van der Waals surface area contributed by atoms with Crippen LogP contribution in [0.25, 0.3) is 10.9 Å². The summed E-state index contributed by atoms with van der Waals surface area (Å²) in [4.78, 5) is 29.1. The van der Waals surface area contributed by atoms with Crippen molar-refractivity contribution in [2.45, 2.75) is 18.4 Å². The summed E-state index contributed by atoms with van der Waals surface area (Å²) >= 11 is 0. The molecule has 1 heterocycles. The van der Waals surface area contributed by atoms with Crippen LogP contribution in [-0.2, 0) is 21.3 Å². The van der Waals surface area contributed by atoms with Crippen molar-refractivity contribution in [3.8, 4) is 0 Å². The predicted molar refractivity (Wildman–Crippen MR) is 133 cm³/mol. The van der Waals surface area contributed by atoms with Gasteiger partial charge in [-0.25, -0.2) is 13.2 Å². The number of fused-ring (bicyclic) bond motifs is 1. The van der Waals surface area contributed by atoms with E-state index in [9.17, 15) is 18.0 Å². The molecule has 4 rings (SSSR count). The van der Waals surface area contributed by atoms with Crippen molar-refractivity contribution in [3.05, 3.63) is 101 Å². The quantitative estimate of drug-likeness (QED) is 0.379. The summed E-state index contributed by atoms with van der Waals surface area (Å²) < 4.78 is 33.8. The number of amides is 1. The van der Waals surface area contributed by atoms with Gasteiger partial charge in [0.25, 0.3) is 15.9 Å². The topological polar surface area (TPSA) is 114 Å². The van der Waals surface area contributed by atoms with Crippen LogP contribution in [0, 0.1) is 6.92 Å². The normalized spacial score (nSPS) is 11.1. The summed E-state index contributed by atoms with van der Waals surface area (Å²) in [7, 11) is -2.80. The number of hydrogen-bond donors (Lipinski definition) is 2. The first kappa shape index (κ1) is 23.9. The van der Waals surface area contributed by atoms with Crippen LogP contribution in [0.4, 0.5) is 5.69 Å². The van der Waals surface area contributed by atoms with Crippen molar-refractivity contribution >= 4 is 38.5 Å². The highest BCUT2D eigenvalue weighted by molar-refractivity contribution is 7.93. The van der Waals surface area contributed by atoms with Crippen molar-refractivity contribution in [2.75, 3.05) is 11.8 Å². The van der Waals surface area contributed by atoms with Gasteiger partial charge in [0, 0.05) is 23.7 Å². The Bertz CT molecular complexity index is 1530. The van der Waals surface area contributed by atoms with Gasteiger partial charge in [0.2, 0.25) is 0 Å². The highest BCUT2D eigenvalue weighted by Gasteiger charge is 2.20. The second kappa shape index (κ2) is 9.94. The molecule has 0 bridgehead atoms. The van der Waals surface area contributed by atoms with Gasteiger partial charge in [-0.3, -0.25) is 14.5 Å². The lowest BCUT2D eigenvalue weighted by atomic mass is 10.1. The third kappa shape index (κ3) is 5.30. The van der Waals surface area contributed by atoms with Crippen molar-refractivity contribution < 1.29 is 22.7 Å². The Labute approximate surface area is 203 Å². The van der Waals surface area contributed by atoms with E-state index < -0.39 is 16.0 Å². The molecule has 0 radical (unpaired) electrons. The number of aryl methyl sites for hydroxylation is 1. The molecule has 4 aromatic rings. The number of carbonyl (C=O) groups excluding carboxylic acids is 2. The molecule has 178 valence electrons. The van der Waals surface area contributed by atoms with Gasteiger partial charge in [-0.15, -0.1) is 0 Å². The van der Waals surface area contributed by atoms with Gasteiger partial charge in [-0.2, -0.15) is 0 Å². The van der Waals surface area contributed by atoms with Crippen LogP contribution < -0.4 is 10.0 Å². The number of hydrogen-bond acceptors (Lipinski definition) is 6. The second-order valence-electron chi connectivity index (χ2n) is 7.84. The fourth-order valence-electron chi connectivity index (χ4n) is 3.70. The van der Waals surface area contributed by atoms with Crippen LogP contribution >= 0.6 is 0 Å². The molecule has 0 fully saturated rings. The summed E-state index contributed by atoms with van der Waals surface area (Å²) in [5, 5.41) is 3.49. The Morgan fingerprint density at radius 3 is 2.51 bits per heavy atom. The first-order valence-electron chi connectivity index (χ1n) is 10.7. The highest BCUT2D eigenvalue weighted by atomic mass is 32.2. The standard InChI is InChI=1S/C26H23N3O5S/c1-17-7-3-4-10-22(17)25(30)28-16-18-13-20(26(31)34-2)15-21(14-18)29-35(32,33)23-11-5-8-19-9-6-12-27-24(19)23/h3-15,29H,16H2,1-2H3,(H,28,30). The minimum absolute atomic E-state index is 0.00785. The molecular formula is C26H23N3O5S. The second-order valence-corrected chi connectivity index (χ2v) is 9.50. The maximum absolute atomic E-state index is 13.2. The van der Waals surface area contributed by atoms with E-state index in [1.165, 1.54) is 25.4 Å². The van der Waals surface area contributed by atoms with Crippen molar-refractivity contribution in [3.63, 3.8) is 0 Å². The minimum Gasteiger partial charge on any atom is -0.465 e.